The molecule has 2 aliphatic heterocycles. The van der Waals surface area contributed by atoms with E-state index in [2.05, 4.69) is 53.1 Å². The van der Waals surface area contributed by atoms with Gasteiger partial charge in [0.2, 0.25) is 0 Å². The third-order valence-corrected chi connectivity index (χ3v) is 6.37. The first-order valence-corrected chi connectivity index (χ1v) is 11.1. The summed E-state index contributed by atoms with van der Waals surface area (Å²) < 4.78 is 11.1. The molecule has 2 fully saturated rings. The molecule has 2 rings (SSSR count). The van der Waals surface area contributed by atoms with Crippen LogP contribution >= 0.6 is 0 Å². The molecule has 28 heavy (non-hydrogen) atoms. The van der Waals surface area contributed by atoms with Crippen molar-refractivity contribution in [3.8, 4) is 0 Å². The Morgan fingerprint density at radius 2 is 1.54 bits per heavy atom. The molecule has 1 unspecified atom stereocenters. The van der Waals surface area contributed by atoms with Crippen LogP contribution in [0.25, 0.3) is 0 Å². The smallest absolute Gasteiger partial charge is 0.191 e. The van der Waals surface area contributed by atoms with Gasteiger partial charge in [0.25, 0.3) is 0 Å². The molecule has 0 saturated carbocycles. The van der Waals surface area contributed by atoms with E-state index in [1.807, 2.05) is 7.05 Å². The van der Waals surface area contributed by atoms with Gasteiger partial charge in [0.05, 0.1) is 26.4 Å². The van der Waals surface area contributed by atoms with Crippen molar-refractivity contribution in [1.82, 2.24) is 20.4 Å². The van der Waals surface area contributed by atoms with Gasteiger partial charge in [0.15, 0.2) is 5.96 Å². The maximum absolute atomic E-state index is 5.57. The Balaban J connectivity index is 1.88. The van der Waals surface area contributed by atoms with Crippen LogP contribution in [0.4, 0.5) is 0 Å². The highest BCUT2D eigenvalue weighted by Gasteiger charge is 2.29. The van der Waals surface area contributed by atoms with Gasteiger partial charge >= 0.3 is 0 Å². The third-order valence-electron chi connectivity index (χ3n) is 6.37. The average Bonchev–Trinajstić information content (AvgIpc) is 2.74. The predicted molar refractivity (Wildman–Crippen MR) is 116 cm³/mol. The van der Waals surface area contributed by atoms with E-state index in [1.165, 1.54) is 12.8 Å². The highest BCUT2D eigenvalue weighted by atomic mass is 16.5. The second kappa shape index (κ2) is 12.0. The number of hydrogen-bond acceptors (Lipinski definition) is 5. The van der Waals surface area contributed by atoms with Crippen LogP contribution in [0.15, 0.2) is 4.99 Å². The van der Waals surface area contributed by atoms with Crippen molar-refractivity contribution in [2.45, 2.75) is 52.1 Å². The van der Waals surface area contributed by atoms with Crippen LogP contribution in [-0.4, -0.2) is 100 Å². The van der Waals surface area contributed by atoms with E-state index >= 15 is 0 Å². The molecule has 7 heteroatoms. The minimum absolute atomic E-state index is 0.0698. The zero-order valence-electron chi connectivity index (χ0n) is 18.8. The van der Waals surface area contributed by atoms with Crippen LogP contribution in [0.2, 0.25) is 0 Å². The van der Waals surface area contributed by atoms with Gasteiger partial charge in [-0.3, -0.25) is 14.8 Å². The molecular weight excluding hydrogens is 354 g/mol. The number of hydrogen-bond donors (Lipinski definition) is 2. The molecule has 2 heterocycles. The molecule has 0 aromatic carbocycles. The number of morpholine rings is 2. The largest absolute Gasteiger partial charge is 0.379 e. The second-order valence-electron chi connectivity index (χ2n) is 8.51. The predicted octanol–water partition coefficient (Wildman–Crippen LogP) is 1.40. The first-order chi connectivity index (χ1) is 13.5. The van der Waals surface area contributed by atoms with Crippen LogP contribution < -0.4 is 10.6 Å². The van der Waals surface area contributed by atoms with Crippen molar-refractivity contribution in [2.75, 3.05) is 72.7 Å². The summed E-state index contributed by atoms with van der Waals surface area (Å²) in [7, 11) is 1.86. The number of guanidine groups is 1. The molecule has 2 saturated heterocycles. The standard InChI is InChI=1S/C21H43N5O2/c1-6-18(7-2)19(25-8-12-27-13-9-25)16-23-20(22-5)24-17-21(3,4)26-10-14-28-15-11-26/h18-19H,6-17H2,1-5H3,(H2,22,23,24). The number of nitrogens with one attached hydrogen (secondary N) is 2. The van der Waals surface area contributed by atoms with E-state index in [1.54, 1.807) is 0 Å². The van der Waals surface area contributed by atoms with Gasteiger partial charge in [0.1, 0.15) is 0 Å². The summed E-state index contributed by atoms with van der Waals surface area (Å²) in [5.74, 6) is 1.58. The zero-order valence-corrected chi connectivity index (χ0v) is 18.8. The monoisotopic (exact) mass is 397 g/mol. The molecule has 0 spiro atoms. The van der Waals surface area contributed by atoms with Crippen molar-refractivity contribution in [3.63, 3.8) is 0 Å². The van der Waals surface area contributed by atoms with E-state index in [9.17, 15) is 0 Å². The summed E-state index contributed by atoms with van der Waals surface area (Å²) in [4.78, 5) is 9.57. The average molecular weight is 398 g/mol. The molecule has 2 N–H and O–H groups in total. The Labute approximate surface area is 172 Å². The molecule has 0 aromatic rings. The van der Waals surface area contributed by atoms with E-state index in [4.69, 9.17) is 9.47 Å². The molecule has 164 valence electrons. The maximum Gasteiger partial charge on any atom is 0.191 e. The lowest BCUT2D eigenvalue weighted by atomic mass is 9.92. The highest BCUT2D eigenvalue weighted by Crippen LogP contribution is 2.20. The molecule has 1 atom stereocenters. The SMILES string of the molecule is CCC(CC)C(CNC(=NC)NCC(C)(C)N1CCOCC1)N1CCOCC1. The van der Waals surface area contributed by atoms with Crippen LogP contribution in [-0.2, 0) is 9.47 Å². The summed E-state index contributed by atoms with van der Waals surface area (Å²) in [5, 5.41) is 7.16. The number of aliphatic imine (C=N–C) groups is 1. The van der Waals surface area contributed by atoms with Crippen LogP contribution in [0.1, 0.15) is 40.5 Å². The van der Waals surface area contributed by atoms with E-state index in [-0.39, 0.29) is 5.54 Å². The molecule has 0 aliphatic carbocycles. The van der Waals surface area contributed by atoms with Crippen molar-refractivity contribution in [1.29, 1.82) is 0 Å². The molecule has 0 aromatic heterocycles. The molecule has 0 amide bonds. The van der Waals surface area contributed by atoms with Crippen LogP contribution in [0, 0.1) is 5.92 Å². The molecule has 7 nitrogen and oxygen atoms in total. The second-order valence-corrected chi connectivity index (χ2v) is 8.51. The number of rotatable bonds is 9. The van der Waals surface area contributed by atoms with Crippen LogP contribution in [0.5, 0.6) is 0 Å². The molecule has 0 radical (unpaired) electrons. The topological polar surface area (TPSA) is 61.4 Å². The summed E-state index contributed by atoms with van der Waals surface area (Å²) in [6.45, 7) is 18.4. The minimum atomic E-state index is 0.0698. The van der Waals surface area contributed by atoms with Gasteiger partial charge in [-0.1, -0.05) is 26.7 Å². The van der Waals surface area contributed by atoms with Gasteiger partial charge < -0.3 is 20.1 Å². The van der Waals surface area contributed by atoms with Gasteiger partial charge in [-0.15, -0.1) is 0 Å². The lowest BCUT2D eigenvalue weighted by Gasteiger charge is -2.41. The fourth-order valence-electron chi connectivity index (χ4n) is 4.34. The first kappa shape index (κ1) is 23.4. The van der Waals surface area contributed by atoms with E-state index in [0.717, 1.165) is 71.7 Å². The van der Waals surface area contributed by atoms with E-state index < -0.39 is 0 Å². The fourth-order valence-corrected chi connectivity index (χ4v) is 4.34. The van der Waals surface area contributed by atoms with Gasteiger partial charge in [0, 0.05) is 57.9 Å². The molecular formula is C21H43N5O2. The van der Waals surface area contributed by atoms with Gasteiger partial charge in [-0.2, -0.15) is 0 Å². The maximum atomic E-state index is 5.57. The Morgan fingerprint density at radius 3 is 2.07 bits per heavy atom. The Bertz CT molecular complexity index is 456. The number of nitrogens with zero attached hydrogens (tertiary/aromatic N) is 3. The van der Waals surface area contributed by atoms with E-state index in [0.29, 0.717) is 12.0 Å². The summed E-state index contributed by atoms with van der Waals surface area (Å²) >= 11 is 0. The van der Waals surface area contributed by atoms with Crippen molar-refractivity contribution in [3.05, 3.63) is 0 Å². The summed E-state index contributed by atoms with van der Waals surface area (Å²) in [6, 6.07) is 0.518. The quantitative estimate of drug-likeness (QED) is 0.453. The van der Waals surface area contributed by atoms with Gasteiger partial charge in [-0.05, 0) is 19.8 Å². The Hall–Kier alpha value is -0.890. The molecule has 2 aliphatic rings. The van der Waals surface area contributed by atoms with Gasteiger partial charge in [-0.25, -0.2) is 0 Å². The normalized spacial score (nSPS) is 21.7. The summed E-state index contributed by atoms with van der Waals surface area (Å²) in [6.07, 6.45) is 2.41. The first-order valence-electron chi connectivity index (χ1n) is 11.1. The Kier molecular flexibility index (Phi) is 9.99. The Morgan fingerprint density at radius 1 is 0.964 bits per heavy atom. The minimum Gasteiger partial charge on any atom is -0.379 e. The lowest BCUT2D eigenvalue weighted by Crippen LogP contribution is -2.57. The van der Waals surface area contributed by atoms with Crippen LogP contribution in [0.3, 0.4) is 0 Å². The third kappa shape index (κ3) is 6.87. The lowest BCUT2D eigenvalue weighted by molar-refractivity contribution is -0.00841. The van der Waals surface area contributed by atoms with Crippen molar-refractivity contribution >= 4 is 5.96 Å². The van der Waals surface area contributed by atoms with Crippen molar-refractivity contribution in [2.24, 2.45) is 10.9 Å². The summed E-state index contributed by atoms with van der Waals surface area (Å²) in [5.41, 5.74) is 0.0698. The zero-order chi connectivity index (χ0) is 20.4. The molecule has 0 bridgehead atoms. The highest BCUT2D eigenvalue weighted by molar-refractivity contribution is 5.79. The van der Waals surface area contributed by atoms with Crippen molar-refractivity contribution < 1.29 is 9.47 Å². The number of ether oxygens (including phenoxy) is 2. The fraction of sp³-hybridized carbons (Fsp3) is 0.952.